The Morgan fingerprint density at radius 2 is 1.64 bits per heavy atom. The number of hydrogen-bond acceptors (Lipinski definition) is 3. The quantitative estimate of drug-likeness (QED) is 0.432. The molecule has 0 aromatic heterocycles. The van der Waals surface area contributed by atoms with Gasteiger partial charge in [-0.15, -0.1) is 0 Å². The number of Topliss-reactive ketones (excluding diaryl/α,β-unsaturated/α-hetero) is 1. The average Bonchev–Trinajstić information content (AvgIpc) is 2.53. The molecular formula is C17H14BrClO3. The molecule has 0 unspecified atom stereocenters. The first kappa shape index (κ1) is 16.7. The van der Waals surface area contributed by atoms with Crippen LogP contribution in [0.25, 0.3) is 0 Å². The van der Waals surface area contributed by atoms with Crippen molar-refractivity contribution in [1.82, 2.24) is 0 Å². The van der Waals surface area contributed by atoms with Crippen LogP contribution in [0.3, 0.4) is 0 Å². The molecule has 0 saturated carbocycles. The number of ether oxygens (including phenoxy) is 1. The van der Waals surface area contributed by atoms with Gasteiger partial charge in [-0.05, 0) is 29.8 Å². The summed E-state index contributed by atoms with van der Waals surface area (Å²) in [5, 5.41) is 0.541. The van der Waals surface area contributed by atoms with Gasteiger partial charge in [-0.1, -0.05) is 57.9 Å². The summed E-state index contributed by atoms with van der Waals surface area (Å²) >= 11 is 9.30. The number of halogens is 2. The Balaban J connectivity index is 2.31. The first-order chi connectivity index (χ1) is 10.5. The molecule has 114 valence electrons. The molecule has 0 saturated heterocycles. The van der Waals surface area contributed by atoms with Crippen molar-refractivity contribution in [3.8, 4) is 0 Å². The van der Waals surface area contributed by atoms with E-state index in [1.807, 2.05) is 30.3 Å². The number of rotatable bonds is 5. The van der Waals surface area contributed by atoms with Crippen LogP contribution < -0.4 is 0 Å². The van der Waals surface area contributed by atoms with Gasteiger partial charge in [0.1, 0.15) is 0 Å². The summed E-state index contributed by atoms with van der Waals surface area (Å²) < 4.78 is 5.24. The van der Waals surface area contributed by atoms with Crippen LogP contribution in [0, 0.1) is 0 Å². The van der Waals surface area contributed by atoms with Crippen LogP contribution in [-0.4, -0.2) is 17.9 Å². The van der Waals surface area contributed by atoms with Crippen LogP contribution in [-0.2, 0) is 9.53 Å². The minimum Gasteiger partial charge on any atom is -0.453 e. The largest absolute Gasteiger partial charge is 0.453 e. The van der Waals surface area contributed by atoms with E-state index < -0.39 is 16.9 Å². The summed E-state index contributed by atoms with van der Waals surface area (Å²) in [5.74, 6) is -0.787. The molecule has 0 radical (unpaired) electrons. The molecule has 2 rings (SSSR count). The molecule has 0 amide bonds. The van der Waals surface area contributed by atoms with E-state index >= 15 is 0 Å². The molecule has 22 heavy (non-hydrogen) atoms. The summed E-state index contributed by atoms with van der Waals surface area (Å²) in [6.07, 6.45) is -0.943. The summed E-state index contributed by atoms with van der Waals surface area (Å²) in [4.78, 5) is 23.6. The number of carbonyl (C=O) groups is 2. The Hall–Kier alpha value is -1.65. The van der Waals surface area contributed by atoms with Crippen molar-refractivity contribution < 1.29 is 14.3 Å². The van der Waals surface area contributed by atoms with Crippen LogP contribution in [0.4, 0.5) is 0 Å². The normalized spacial score (nSPS) is 13.2. The Bertz CT molecular complexity index is 655. The van der Waals surface area contributed by atoms with E-state index in [1.54, 1.807) is 24.3 Å². The predicted octanol–water partition coefficient (Wildman–Crippen LogP) is 4.59. The maximum absolute atomic E-state index is 12.7. The van der Waals surface area contributed by atoms with Crippen molar-refractivity contribution in [2.45, 2.75) is 17.9 Å². The van der Waals surface area contributed by atoms with Crippen molar-refractivity contribution in [2.24, 2.45) is 0 Å². The maximum Gasteiger partial charge on any atom is 0.303 e. The molecule has 3 nitrogen and oxygen atoms in total. The lowest BCUT2D eigenvalue weighted by molar-refractivity contribution is -0.144. The van der Waals surface area contributed by atoms with E-state index in [9.17, 15) is 9.59 Å². The second-order valence-corrected chi connectivity index (χ2v) is 6.14. The monoisotopic (exact) mass is 380 g/mol. The highest BCUT2D eigenvalue weighted by atomic mass is 79.9. The van der Waals surface area contributed by atoms with E-state index in [0.29, 0.717) is 10.6 Å². The Morgan fingerprint density at radius 1 is 1.05 bits per heavy atom. The van der Waals surface area contributed by atoms with Gasteiger partial charge in [0.05, 0.1) is 4.83 Å². The van der Waals surface area contributed by atoms with Crippen LogP contribution in [0.2, 0.25) is 5.02 Å². The first-order valence-corrected chi connectivity index (χ1v) is 7.94. The average molecular weight is 382 g/mol. The fourth-order valence-electron chi connectivity index (χ4n) is 2.02. The van der Waals surface area contributed by atoms with Gasteiger partial charge in [0.2, 0.25) is 5.78 Å². The number of carbonyl (C=O) groups excluding carboxylic acids is 2. The molecule has 0 bridgehead atoms. The van der Waals surface area contributed by atoms with E-state index in [-0.39, 0.29) is 5.78 Å². The second kappa shape index (κ2) is 7.56. The zero-order valence-electron chi connectivity index (χ0n) is 11.8. The molecule has 2 aromatic carbocycles. The van der Waals surface area contributed by atoms with Gasteiger partial charge in [-0.3, -0.25) is 9.59 Å². The number of ketones is 1. The van der Waals surface area contributed by atoms with Crippen molar-refractivity contribution in [2.75, 3.05) is 0 Å². The van der Waals surface area contributed by atoms with Crippen molar-refractivity contribution in [3.63, 3.8) is 0 Å². The van der Waals surface area contributed by atoms with Crippen LogP contribution >= 0.6 is 27.5 Å². The fraction of sp³-hybridized carbons (Fsp3) is 0.176. The van der Waals surface area contributed by atoms with Gasteiger partial charge in [0.15, 0.2) is 6.10 Å². The summed E-state index contributed by atoms with van der Waals surface area (Å²) in [7, 11) is 0. The van der Waals surface area contributed by atoms with E-state index in [4.69, 9.17) is 16.3 Å². The summed E-state index contributed by atoms with van der Waals surface area (Å²) in [6, 6.07) is 15.8. The van der Waals surface area contributed by atoms with Crippen LogP contribution in [0.15, 0.2) is 54.6 Å². The molecule has 2 aromatic rings. The van der Waals surface area contributed by atoms with Crippen molar-refractivity contribution in [1.29, 1.82) is 0 Å². The molecular weight excluding hydrogens is 368 g/mol. The lowest BCUT2D eigenvalue weighted by Gasteiger charge is -2.21. The second-order valence-electron chi connectivity index (χ2n) is 4.71. The molecule has 0 fully saturated rings. The molecule has 0 aliphatic carbocycles. The molecule has 0 heterocycles. The zero-order chi connectivity index (χ0) is 16.1. The zero-order valence-corrected chi connectivity index (χ0v) is 14.2. The highest BCUT2D eigenvalue weighted by Gasteiger charge is 2.31. The molecule has 0 aliphatic rings. The number of benzene rings is 2. The standard InChI is InChI=1S/C17H14BrClO3/c1-11(20)22-17(15(18)12-5-3-2-4-6-12)16(21)13-7-9-14(19)10-8-13/h2-10,15,17H,1H3/t15-,17+/m1/s1. The van der Waals surface area contributed by atoms with Gasteiger partial charge in [-0.25, -0.2) is 0 Å². The predicted molar refractivity (Wildman–Crippen MR) is 89.4 cm³/mol. The van der Waals surface area contributed by atoms with E-state index in [1.165, 1.54) is 6.92 Å². The molecule has 5 heteroatoms. The summed E-state index contributed by atoms with van der Waals surface area (Å²) in [6.45, 7) is 1.28. The lowest BCUT2D eigenvalue weighted by Crippen LogP contribution is -2.30. The number of hydrogen-bond donors (Lipinski definition) is 0. The van der Waals surface area contributed by atoms with Gasteiger partial charge in [0, 0.05) is 17.5 Å². The van der Waals surface area contributed by atoms with Gasteiger partial charge in [-0.2, -0.15) is 0 Å². The molecule has 0 spiro atoms. The molecule has 0 aliphatic heterocycles. The minimum absolute atomic E-state index is 0.280. The third kappa shape index (κ3) is 4.18. The summed E-state index contributed by atoms with van der Waals surface area (Å²) in [5.41, 5.74) is 1.30. The molecule has 0 N–H and O–H groups in total. The number of esters is 1. The fourth-order valence-corrected chi connectivity index (χ4v) is 2.79. The SMILES string of the molecule is CC(=O)O[C@H](C(=O)c1ccc(Cl)cc1)[C@H](Br)c1ccccc1. The Labute approximate surface area is 142 Å². The third-order valence-corrected chi connectivity index (χ3v) is 4.32. The topological polar surface area (TPSA) is 43.4 Å². The molecule has 2 atom stereocenters. The lowest BCUT2D eigenvalue weighted by atomic mass is 9.99. The van der Waals surface area contributed by atoms with E-state index in [0.717, 1.165) is 5.56 Å². The maximum atomic E-state index is 12.7. The first-order valence-electron chi connectivity index (χ1n) is 6.65. The van der Waals surface area contributed by atoms with Crippen LogP contribution in [0.5, 0.6) is 0 Å². The van der Waals surface area contributed by atoms with Crippen LogP contribution in [0.1, 0.15) is 27.7 Å². The number of alkyl halides is 1. The smallest absolute Gasteiger partial charge is 0.303 e. The van der Waals surface area contributed by atoms with Crippen molar-refractivity contribution in [3.05, 3.63) is 70.7 Å². The Morgan fingerprint density at radius 3 is 2.18 bits per heavy atom. The highest BCUT2D eigenvalue weighted by Crippen LogP contribution is 2.30. The highest BCUT2D eigenvalue weighted by molar-refractivity contribution is 9.09. The van der Waals surface area contributed by atoms with Crippen molar-refractivity contribution >= 4 is 39.3 Å². The van der Waals surface area contributed by atoms with Gasteiger partial charge < -0.3 is 4.74 Å². The Kier molecular flexibility index (Phi) is 5.75. The van der Waals surface area contributed by atoms with Gasteiger partial charge >= 0.3 is 5.97 Å². The van der Waals surface area contributed by atoms with Gasteiger partial charge in [0.25, 0.3) is 0 Å². The minimum atomic E-state index is -0.943. The third-order valence-electron chi connectivity index (χ3n) is 3.06. The van der Waals surface area contributed by atoms with E-state index in [2.05, 4.69) is 15.9 Å².